The molecule has 3 rings (SSSR count). The molecule has 0 atom stereocenters. The van der Waals surface area contributed by atoms with E-state index in [1.54, 1.807) is 12.1 Å². The molecule has 25 heavy (non-hydrogen) atoms. The van der Waals surface area contributed by atoms with Gasteiger partial charge in [-0.1, -0.05) is 29.3 Å². The Balaban J connectivity index is 1.75. The summed E-state index contributed by atoms with van der Waals surface area (Å²) in [5.41, 5.74) is 4.99. The highest BCUT2D eigenvalue weighted by atomic mass is 35.5. The molecule has 0 fully saturated rings. The molecule has 0 spiro atoms. The first kappa shape index (κ1) is 17.9. The molecule has 0 saturated heterocycles. The summed E-state index contributed by atoms with van der Waals surface area (Å²) in [6.07, 6.45) is 0. The van der Waals surface area contributed by atoms with Crippen molar-refractivity contribution < 1.29 is 9.84 Å². The van der Waals surface area contributed by atoms with Crippen LogP contribution in [0.4, 0.5) is 0 Å². The standard InChI is InChI=1S/C20H19Cl2NO2/c1-13-9-16(11-24)14(2)23(13)18-5-7-19(8-6-18)25-12-15-3-4-17(21)10-20(15)22/h3-10,24H,11-12H2,1-2H3. The minimum Gasteiger partial charge on any atom is -0.489 e. The maximum Gasteiger partial charge on any atom is 0.119 e. The van der Waals surface area contributed by atoms with Gasteiger partial charge in [-0.15, -0.1) is 0 Å². The van der Waals surface area contributed by atoms with E-state index in [1.807, 2.05) is 50.2 Å². The van der Waals surface area contributed by atoms with Crippen LogP contribution in [0, 0.1) is 13.8 Å². The summed E-state index contributed by atoms with van der Waals surface area (Å²) >= 11 is 12.1. The van der Waals surface area contributed by atoms with Gasteiger partial charge in [0.1, 0.15) is 12.4 Å². The Morgan fingerprint density at radius 2 is 1.68 bits per heavy atom. The molecule has 130 valence electrons. The van der Waals surface area contributed by atoms with Gasteiger partial charge in [0, 0.05) is 32.7 Å². The van der Waals surface area contributed by atoms with E-state index in [2.05, 4.69) is 4.57 Å². The summed E-state index contributed by atoms with van der Waals surface area (Å²) in [4.78, 5) is 0. The fraction of sp³-hybridized carbons (Fsp3) is 0.200. The number of ether oxygens (including phenoxy) is 1. The molecule has 0 aliphatic carbocycles. The Labute approximate surface area is 157 Å². The summed E-state index contributed by atoms with van der Waals surface area (Å²) in [6.45, 7) is 4.46. The number of hydrogen-bond donors (Lipinski definition) is 1. The number of aromatic nitrogens is 1. The third-order valence-corrected chi connectivity index (χ3v) is 4.80. The van der Waals surface area contributed by atoms with Crippen LogP contribution in [0.3, 0.4) is 0 Å². The van der Waals surface area contributed by atoms with Crippen molar-refractivity contribution in [2.45, 2.75) is 27.1 Å². The van der Waals surface area contributed by atoms with Crippen molar-refractivity contribution in [1.29, 1.82) is 0 Å². The highest BCUT2D eigenvalue weighted by Gasteiger charge is 2.10. The number of aryl methyl sites for hydroxylation is 1. The lowest BCUT2D eigenvalue weighted by molar-refractivity contribution is 0.281. The van der Waals surface area contributed by atoms with Crippen molar-refractivity contribution in [2.24, 2.45) is 0 Å². The second kappa shape index (κ2) is 7.52. The van der Waals surface area contributed by atoms with Crippen LogP contribution in [-0.4, -0.2) is 9.67 Å². The number of benzene rings is 2. The van der Waals surface area contributed by atoms with Crippen LogP contribution in [0.1, 0.15) is 22.5 Å². The second-order valence-corrected chi connectivity index (χ2v) is 6.75. The lowest BCUT2D eigenvalue weighted by atomic mass is 10.2. The molecule has 1 aromatic heterocycles. The average Bonchev–Trinajstić information content (AvgIpc) is 2.88. The number of nitrogens with zero attached hydrogens (tertiary/aromatic N) is 1. The largest absolute Gasteiger partial charge is 0.489 e. The van der Waals surface area contributed by atoms with Crippen molar-refractivity contribution in [2.75, 3.05) is 0 Å². The van der Waals surface area contributed by atoms with Crippen molar-refractivity contribution in [3.8, 4) is 11.4 Å². The monoisotopic (exact) mass is 375 g/mol. The minimum absolute atomic E-state index is 0.0444. The highest BCUT2D eigenvalue weighted by molar-refractivity contribution is 6.35. The minimum atomic E-state index is 0.0444. The molecule has 5 heteroatoms. The third kappa shape index (κ3) is 3.84. The Morgan fingerprint density at radius 1 is 0.960 bits per heavy atom. The van der Waals surface area contributed by atoms with Gasteiger partial charge in [0.2, 0.25) is 0 Å². The molecule has 0 aliphatic heterocycles. The van der Waals surface area contributed by atoms with E-state index < -0.39 is 0 Å². The van der Waals surface area contributed by atoms with E-state index in [-0.39, 0.29) is 6.61 Å². The van der Waals surface area contributed by atoms with E-state index in [0.717, 1.165) is 34.0 Å². The predicted octanol–water partition coefficient (Wildman–Crippen LogP) is 5.47. The summed E-state index contributed by atoms with van der Waals surface area (Å²) in [5, 5.41) is 10.6. The van der Waals surface area contributed by atoms with E-state index >= 15 is 0 Å². The molecule has 0 saturated carbocycles. The second-order valence-electron chi connectivity index (χ2n) is 5.91. The Bertz CT molecular complexity index is 885. The highest BCUT2D eigenvalue weighted by Crippen LogP contribution is 2.25. The van der Waals surface area contributed by atoms with Crippen molar-refractivity contribution in [3.05, 3.63) is 81.1 Å². The van der Waals surface area contributed by atoms with E-state index in [4.69, 9.17) is 27.9 Å². The van der Waals surface area contributed by atoms with E-state index in [9.17, 15) is 5.11 Å². The zero-order valence-corrected chi connectivity index (χ0v) is 15.6. The first-order chi connectivity index (χ1) is 12.0. The summed E-state index contributed by atoms with van der Waals surface area (Å²) < 4.78 is 7.93. The molecule has 2 aromatic carbocycles. The van der Waals surface area contributed by atoms with Crippen molar-refractivity contribution >= 4 is 23.2 Å². The SMILES string of the molecule is Cc1cc(CO)c(C)n1-c1ccc(OCc2ccc(Cl)cc2Cl)cc1. The van der Waals surface area contributed by atoms with Gasteiger partial charge in [-0.2, -0.15) is 0 Å². The zero-order valence-electron chi connectivity index (χ0n) is 14.1. The average molecular weight is 376 g/mol. The van der Waals surface area contributed by atoms with Gasteiger partial charge in [-0.05, 0) is 61.9 Å². The summed E-state index contributed by atoms with van der Waals surface area (Å²) in [5.74, 6) is 0.764. The van der Waals surface area contributed by atoms with Crippen molar-refractivity contribution in [1.82, 2.24) is 4.57 Å². The maximum absolute atomic E-state index is 9.41. The predicted molar refractivity (Wildman–Crippen MR) is 102 cm³/mol. The number of rotatable bonds is 5. The topological polar surface area (TPSA) is 34.4 Å². The van der Waals surface area contributed by atoms with E-state index in [1.165, 1.54) is 0 Å². The lowest BCUT2D eigenvalue weighted by Crippen LogP contribution is -2.00. The van der Waals surface area contributed by atoms with Crippen molar-refractivity contribution in [3.63, 3.8) is 0 Å². The van der Waals surface area contributed by atoms with Crippen LogP contribution in [-0.2, 0) is 13.2 Å². The van der Waals surface area contributed by atoms with Gasteiger partial charge < -0.3 is 14.4 Å². The molecule has 0 unspecified atom stereocenters. The summed E-state index contributed by atoms with van der Waals surface area (Å²) in [7, 11) is 0. The van der Waals surface area contributed by atoms with Gasteiger partial charge >= 0.3 is 0 Å². The van der Waals surface area contributed by atoms with Gasteiger partial charge in [0.25, 0.3) is 0 Å². The van der Waals surface area contributed by atoms with Gasteiger partial charge in [0.05, 0.1) is 6.61 Å². The van der Waals surface area contributed by atoms with Gasteiger partial charge in [-0.25, -0.2) is 0 Å². The third-order valence-electron chi connectivity index (χ3n) is 4.21. The van der Waals surface area contributed by atoms with Gasteiger partial charge in [-0.3, -0.25) is 0 Å². The van der Waals surface area contributed by atoms with Crippen LogP contribution in [0.5, 0.6) is 5.75 Å². The molecule has 0 aliphatic rings. The van der Waals surface area contributed by atoms with Crippen LogP contribution >= 0.6 is 23.2 Å². The molecule has 0 radical (unpaired) electrons. The smallest absolute Gasteiger partial charge is 0.119 e. The van der Waals surface area contributed by atoms with Crippen LogP contribution in [0.2, 0.25) is 10.0 Å². The van der Waals surface area contributed by atoms with Gasteiger partial charge in [0.15, 0.2) is 0 Å². The molecular formula is C20H19Cl2NO2. The molecule has 1 heterocycles. The Morgan fingerprint density at radius 3 is 2.28 bits per heavy atom. The maximum atomic E-state index is 9.41. The summed E-state index contributed by atoms with van der Waals surface area (Å²) in [6, 6.07) is 15.2. The molecule has 3 nitrogen and oxygen atoms in total. The molecule has 0 bridgehead atoms. The van der Waals surface area contributed by atoms with Crippen LogP contribution in [0.15, 0.2) is 48.5 Å². The lowest BCUT2D eigenvalue weighted by Gasteiger charge is -2.12. The molecule has 3 aromatic rings. The number of halogens is 2. The Hall–Kier alpha value is -1.94. The molecule has 1 N–H and O–H groups in total. The number of hydrogen-bond acceptors (Lipinski definition) is 2. The fourth-order valence-corrected chi connectivity index (χ4v) is 3.34. The quantitative estimate of drug-likeness (QED) is 0.641. The number of aliphatic hydroxyl groups excluding tert-OH is 1. The zero-order chi connectivity index (χ0) is 18.0. The Kier molecular flexibility index (Phi) is 5.38. The first-order valence-corrected chi connectivity index (χ1v) is 8.71. The first-order valence-electron chi connectivity index (χ1n) is 7.95. The normalized spacial score (nSPS) is 10.9. The van der Waals surface area contributed by atoms with Crippen LogP contribution < -0.4 is 4.74 Å². The molecule has 0 amide bonds. The number of aliphatic hydroxyl groups is 1. The fourth-order valence-electron chi connectivity index (χ4n) is 2.88. The molecular weight excluding hydrogens is 357 g/mol. The van der Waals surface area contributed by atoms with E-state index in [0.29, 0.717) is 16.7 Å². The van der Waals surface area contributed by atoms with Crippen LogP contribution in [0.25, 0.3) is 5.69 Å².